The molecular weight excluding hydrogens is 521 g/mol. The molecule has 8 heteroatoms. The number of halogens is 2. The molecule has 0 spiro atoms. The van der Waals surface area contributed by atoms with Gasteiger partial charge in [0.05, 0.1) is 6.61 Å². The molecule has 1 unspecified atom stereocenters. The van der Waals surface area contributed by atoms with Gasteiger partial charge in [-0.1, -0.05) is 54.6 Å². The van der Waals surface area contributed by atoms with Crippen LogP contribution < -0.4 is 0 Å². The summed E-state index contributed by atoms with van der Waals surface area (Å²) in [7, 11) is 0. The third kappa shape index (κ3) is 6.04. The van der Waals surface area contributed by atoms with Gasteiger partial charge in [-0.2, -0.15) is 0 Å². The zero-order chi connectivity index (χ0) is 26.6. The van der Waals surface area contributed by atoms with E-state index < -0.39 is 0 Å². The minimum Gasteiger partial charge on any atom is -0.395 e. The van der Waals surface area contributed by atoms with Gasteiger partial charge in [-0.05, 0) is 66.6 Å². The molecule has 1 aliphatic carbocycles. The van der Waals surface area contributed by atoms with Crippen LogP contribution in [0.4, 0.5) is 0 Å². The fraction of sp³-hybridized carbons (Fsp3) is 0.533. The van der Waals surface area contributed by atoms with Crippen LogP contribution in [0.25, 0.3) is 11.1 Å². The Hall–Kier alpha value is -2.12. The second-order valence-electron chi connectivity index (χ2n) is 10.9. The van der Waals surface area contributed by atoms with Crippen molar-refractivity contribution >= 4 is 35.0 Å². The monoisotopic (exact) mass is 557 g/mol. The smallest absolute Gasteiger partial charge is 0.253 e. The van der Waals surface area contributed by atoms with Crippen molar-refractivity contribution in [1.29, 1.82) is 0 Å². The van der Waals surface area contributed by atoms with E-state index in [-0.39, 0.29) is 24.3 Å². The molecule has 1 N–H and O–H groups in total. The summed E-state index contributed by atoms with van der Waals surface area (Å²) in [5.74, 6) is 0.215. The van der Waals surface area contributed by atoms with Crippen molar-refractivity contribution in [1.82, 2.24) is 14.7 Å². The average molecular weight is 559 g/mol. The van der Waals surface area contributed by atoms with E-state index in [1.165, 1.54) is 19.3 Å². The molecular formula is C30H37Cl2N3O3. The number of benzene rings is 2. The summed E-state index contributed by atoms with van der Waals surface area (Å²) < 4.78 is 0. The lowest BCUT2D eigenvalue weighted by atomic mass is 9.93. The van der Waals surface area contributed by atoms with Crippen LogP contribution >= 0.6 is 23.2 Å². The summed E-state index contributed by atoms with van der Waals surface area (Å²) in [4.78, 5) is 32.3. The summed E-state index contributed by atoms with van der Waals surface area (Å²) in [6, 6.07) is 11.8. The topological polar surface area (TPSA) is 64.1 Å². The van der Waals surface area contributed by atoms with Crippen molar-refractivity contribution in [3.8, 4) is 11.1 Å². The highest BCUT2D eigenvalue weighted by Crippen LogP contribution is 2.36. The molecule has 5 rings (SSSR count). The van der Waals surface area contributed by atoms with E-state index in [0.717, 1.165) is 55.6 Å². The third-order valence-corrected chi connectivity index (χ3v) is 9.17. The quantitative estimate of drug-likeness (QED) is 0.512. The lowest BCUT2D eigenvalue weighted by molar-refractivity contribution is -0.133. The number of aliphatic hydroxyl groups excluding tert-OH is 1. The Morgan fingerprint density at radius 3 is 2.16 bits per heavy atom. The third-order valence-electron chi connectivity index (χ3n) is 8.50. The minimum atomic E-state index is -0.0615. The minimum absolute atomic E-state index is 0.0233. The van der Waals surface area contributed by atoms with Gasteiger partial charge in [0, 0.05) is 66.8 Å². The number of aliphatic hydroxyl groups is 1. The van der Waals surface area contributed by atoms with E-state index in [4.69, 9.17) is 28.3 Å². The zero-order valence-corrected chi connectivity index (χ0v) is 23.4. The first kappa shape index (κ1) is 27.4. The van der Waals surface area contributed by atoms with Crippen molar-refractivity contribution in [2.75, 3.05) is 45.9 Å². The molecule has 1 saturated carbocycles. The average Bonchev–Trinajstić information content (AvgIpc) is 3.31. The van der Waals surface area contributed by atoms with Crippen molar-refractivity contribution in [2.45, 2.75) is 51.0 Å². The van der Waals surface area contributed by atoms with E-state index >= 15 is 0 Å². The Morgan fingerprint density at radius 1 is 0.868 bits per heavy atom. The predicted molar refractivity (Wildman–Crippen MR) is 152 cm³/mol. The zero-order valence-electron chi connectivity index (χ0n) is 21.9. The van der Waals surface area contributed by atoms with Gasteiger partial charge in [0.1, 0.15) is 0 Å². The highest BCUT2D eigenvalue weighted by molar-refractivity contribution is 6.36. The molecule has 2 aliphatic heterocycles. The first-order valence-electron chi connectivity index (χ1n) is 14.0. The van der Waals surface area contributed by atoms with E-state index in [9.17, 15) is 9.59 Å². The number of carbonyl (C=O) groups is 2. The van der Waals surface area contributed by atoms with Crippen LogP contribution in [0.5, 0.6) is 0 Å². The van der Waals surface area contributed by atoms with Crippen molar-refractivity contribution in [3.05, 3.63) is 57.6 Å². The molecule has 2 amide bonds. The number of hydrogen-bond donors (Lipinski definition) is 1. The van der Waals surface area contributed by atoms with E-state index in [1.807, 2.05) is 41.3 Å². The predicted octanol–water partition coefficient (Wildman–Crippen LogP) is 5.13. The van der Waals surface area contributed by atoms with Crippen molar-refractivity contribution < 1.29 is 14.7 Å². The number of likely N-dealkylation sites (tertiary alicyclic amines) is 1. The Labute approximate surface area is 235 Å². The number of amides is 2. The van der Waals surface area contributed by atoms with E-state index in [1.54, 1.807) is 0 Å². The number of β-amino-alcohol motifs (C(OH)–C–C–N with tert-alkyl or cyclic N) is 1. The summed E-state index contributed by atoms with van der Waals surface area (Å²) in [5, 5.41) is 10.3. The number of nitrogens with zero attached hydrogens (tertiary/aromatic N) is 3. The Balaban J connectivity index is 1.23. The molecule has 1 atom stereocenters. The lowest BCUT2D eigenvalue weighted by Gasteiger charge is -2.34. The van der Waals surface area contributed by atoms with Crippen molar-refractivity contribution in [2.24, 2.45) is 5.92 Å². The number of hydrogen-bond acceptors (Lipinski definition) is 4. The molecule has 0 radical (unpaired) electrons. The SMILES string of the molecule is O=C(c1ccc(-c2cc(Cl)c(CC3CCN(C4CCCCC4)C3=O)c(Cl)c2)cc1)N1CCN(CCO)CC1. The molecule has 0 bridgehead atoms. The number of piperazine rings is 1. The number of rotatable bonds is 7. The second-order valence-corrected chi connectivity index (χ2v) is 11.7. The van der Waals surface area contributed by atoms with Crippen LogP contribution in [0, 0.1) is 5.92 Å². The fourth-order valence-corrected chi connectivity index (χ4v) is 6.86. The molecule has 38 heavy (non-hydrogen) atoms. The molecule has 2 aromatic carbocycles. The van der Waals surface area contributed by atoms with E-state index in [0.29, 0.717) is 47.7 Å². The normalized spacial score (nSPS) is 21.3. The largest absolute Gasteiger partial charge is 0.395 e. The maximum atomic E-state index is 13.2. The molecule has 0 aromatic heterocycles. The number of carbonyl (C=O) groups excluding carboxylic acids is 2. The van der Waals surface area contributed by atoms with Gasteiger partial charge in [-0.3, -0.25) is 14.5 Å². The van der Waals surface area contributed by atoms with Crippen LogP contribution in [0.2, 0.25) is 10.0 Å². The fourth-order valence-electron chi connectivity index (χ4n) is 6.22. The van der Waals surface area contributed by atoms with Crippen molar-refractivity contribution in [3.63, 3.8) is 0 Å². The molecule has 3 aliphatic rings. The van der Waals surface area contributed by atoms with Crippen LogP contribution in [-0.2, 0) is 11.2 Å². The van der Waals surface area contributed by atoms with Gasteiger partial charge >= 0.3 is 0 Å². The Bertz CT molecular complexity index is 1120. The van der Waals surface area contributed by atoms with Crippen LogP contribution in [-0.4, -0.2) is 83.5 Å². The summed E-state index contributed by atoms with van der Waals surface area (Å²) in [6.45, 7) is 4.51. The van der Waals surface area contributed by atoms with Crippen LogP contribution in [0.3, 0.4) is 0 Å². The molecule has 6 nitrogen and oxygen atoms in total. The van der Waals surface area contributed by atoms with Gasteiger partial charge in [0.25, 0.3) is 5.91 Å². The van der Waals surface area contributed by atoms with Crippen LogP contribution in [0.1, 0.15) is 54.4 Å². The van der Waals surface area contributed by atoms with E-state index in [2.05, 4.69) is 9.80 Å². The first-order chi connectivity index (χ1) is 18.4. The summed E-state index contributed by atoms with van der Waals surface area (Å²) in [5.41, 5.74) is 3.32. The summed E-state index contributed by atoms with van der Waals surface area (Å²) in [6.07, 6.45) is 7.39. The Kier molecular flexibility index (Phi) is 8.94. The molecule has 204 valence electrons. The first-order valence-corrected chi connectivity index (χ1v) is 14.7. The van der Waals surface area contributed by atoms with Crippen LogP contribution in [0.15, 0.2) is 36.4 Å². The lowest BCUT2D eigenvalue weighted by Crippen LogP contribution is -2.49. The van der Waals surface area contributed by atoms with Gasteiger partial charge < -0.3 is 14.9 Å². The Morgan fingerprint density at radius 2 is 1.53 bits per heavy atom. The van der Waals surface area contributed by atoms with Gasteiger partial charge in [-0.15, -0.1) is 0 Å². The summed E-state index contributed by atoms with van der Waals surface area (Å²) >= 11 is 13.4. The van der Waals surface area contributed by atoms with Gasteiger partial charge in [-0.25, -0.2) is 0 Å². The van der Waals surface area contributed by atoms with Gasteiger partial charge in [0.15, 0.2) is 0 Å². The molecule has 2 saturated heterocycles. The highest BCUT2D eigenvalue weighted by atomic mass is 35.5. The maximum absolute atomic E-state index is 13.2. The molecule has 2 heterocycles. The van der Waals surface area contributed by atoms with Gasteiger partial charge in [0.2, 0.25) is 5.91 Å². The highest BCUT2D eigenvalue weighted by Gasteiger charge is 2.36. The maximum Gasteiger partial charge on any atom is 0.253 e. The molecule has 3 fully saturated rings. The molecule has 2 aromatic rings. The standard InChI is InChI=1S/C30H37Cl2N3O3/c31-27-19-24(21-6-8-22(9-7-21)29(37)34-14-12-33(13-15-34)16-17-36)20-28(32)26(27)18-23-10-11-35(30(23)38)25-4-2-1-3-5-25/h6-9,19-20,23,25,36H,1-5,10-18H2. The second kappa shape index (κ2) is 12.4.